The summed E-state index contributed by atoms with van der Waals surface area (Å²) >= 11 is 6.07. The van der Waals surface area contributed by atoms with Crippen molar-refractivity contribution in [3.63, 3.8) is 0 Å². The highest BCUT2D eigenvalue weighted by Gasteiger charge is 2.04. The summed E-state index contributed by atoms with van der Waals surface area (Å²) in [5.74, 6) is 0.927. The van der Waals surface area contributed by atoms with Crippen LogP contribution < -0.4 is 10.1 Å². The van der Waals surface area contributed by atoms with Gasteiger partial charge in [-0.2, -0.15) is 0 Å². The largest absolute Gasteiger partial charge is 0.492 e. The van der Waals surface area contributed by atoms with Gasteiger partial charge in [-0.3, -0.25) is 0 Å². The Hall–Kier alpha value is -0.780. The van der Waals surface area contributed by atoms with Crippen LogP contribution in [-0.4, -0.2) is 40.1 Å². The molecule has 1 aromatic rings. The van der Waals surface area contributed by atoms with Crippen molar-refractivity contribution in [2.24, 2.45) is 0 Å². The van der Waals surface area contributed by atoms with Gasteiger partial charge in [0.25, 0.3) is 0 Å². The normalized spacial score (nSPS) is 11.6. The lowest BCUT2D eigenvalue weighted by molar-refractivity contribution is 0.315. The van der Waals surface area contributed by atoms with E-state index in [1.807, 2.05) is 26.0 Å². The molecular formula is C13H20ClNO3S. The summed E-state index contributed by atoms with van der Waals surface area (Å²) in [4.78, 5) is 0. The molecule has 0 aliphatic heterocycles. The summed E-state index contributed by atoms with van der Waals surface area (Å²) in [7, 11) is -2.90. The molecule has 0 saturated carbocycles. The molecule has 1 aromatic carbocycles. The molecule has 0 atom stereocenters. The standard InChI is InChI=1S/C13H20ClNO3S/c1-10-8-12(9-11(2)13(10)14)18-6-4-15-5-7-19(3,16)17/h8-9,15H,4-7H2,1-3H3. The number of halogens is 1. The van der Waals surface area contributed by atoms with E-state index in [-0.39, 0.29) is 5.75 Å². The Kier molecular flexibility index (Phi) is 6.10. The second kappa shape index (κ2) is 7.12. The van der Waals surface area contributed by atoms with Crippen molar-refractivity contribution >= 4 is 21.4 Å². The van der Waals surface area contributed by atoms with E-state index in [1.54, 1.807) is 0 Å². The minimum absolute atomic E-state index is 0.145. The molecule has 0 aliphatic rings. The number of hydrogen-bond acceptors (Lipinski definition) is 4. The van der Waals surface area contributed by atoms with Gasteiger partial charge in [0.15, 0.2) is 0 Å². The molecule has 1 rings (SSSR count). The third kappa shape index (κ3) is 6.27. The van der Waals surface area contributed by atoms with E-state index in [0.717, 1.165) is 21.9 Å². The van der Waals surface area contributed by atoms with Crippen molar-refractivity contribution in [3.8, 4) is 5.75 Å². The van der Waals surface area contributed by atoms with E-state index in [4.69, 9.17) is 16.3 Å². The molecule has 0 aliphatic carbocycles. The van der Waals surface area contributed by atoms with Gasteiger partial charge in [-0.1, -0.05) is 11.6 Å². The summed E-state index contributed by atoms with van der Waals surface area (Å²) in [6.07, 6.45) is 1.23. The minimum Gasteiger partial charge on any atom is -0.492 e. The lowest BCUT2D eigenvalue weighted by Gasteiger charge is -2.10. The van der Waals surface area contributed by atoms with Crippen molar-refractivity contribution in [1.82, 2.24) is 5.32 Å². The van der Waals surface area contributed by atoms with Crippen LogP contribution in [0.25, 0.3) is 0 Å². The predicted molar refractivity (Wildman–Crippen MR) is 79.0 cm³/mol. The third-order valence-corrected chi connectivity index (χ3v) is 4.15. The van der Waals surface area contributed by atoms with Crippen molar-refractivity contribution < 1.29 is 13.2 Å². The highest BCUT2D eigenvalue weighted by Crippen LogP contribution is 2.25. The van der Waals surface area contributed by atoms with E-state index in [9.17, 15) is 8.42 Å². The number of sulfone groups is 1. The lowest BCUT2D eigenvalue weighted by Crippen LogP contribution is -2.26. The summed E-state index contributed by atoms with van der Waals surface area (Å²) in [5.41, 5.74) is 1.98. The molecular weight excluding hydrogens is 286 g/mol. The first kappa shape index (κ1) is 16.3. The first-order valence-corrected chi connectivity index (χ1v) is 8.51. The molecule has 0 heterocycles. The van der Waals surface area contributed by atoms with Crippen molar-refractivity contribution in [2.45, 2.75) is 13.8 Å². The second-order valence-corrected chi connectivity index (χ2v) is 7.24. The number of aryl methyl sites for hydroxylation is 2. The number of hydrogen-bond donors (Lipinski definition) is 1. The van der Waals surface area contributed by atoms with Crippen LogP contribution in [0.2, 0.25) is 5.02 Å². The molecule has 108 valence electrons. The molecule has 0 radical (unpaired) electrons. The maximum atomic E-state index is 10.9. The smallest absolute Gasteiger partial charge is 0.148 e. The maximum Gasteiger partial charge on any atom is 0.148 e. The van der Waals surface area contributed by atoms with E-state index < -0.39 is 9.84 Å². The number of benzene rings is 1. The Bertz CT molecular complexity index is 506. The van der Waals surface area contributed by atoms with E-state index >= 15 is 0 Å². The van der Waals surface area contributed by atoms with Gasteiger partial charge in [-0.05, 0) is 37.1 Å². The summed E-state index contributed by atoms with van der Waals surface area (Å²) < 4.78 is 27.4. The molecule has 0 spiro atoms. The van der Waals surface area contributed by atoms with E-state index in [1.165, 1.54) is 6.26 Å². The van der Waals surface area contributed by atoms with Gasteiger partial charge in [-0.15, -0.1) is 0 Å². The SMILES string of the molecule is Cc1cc(OCCNCCS(C)(=O)=O)cc(C)c1Cl. The zero-order chi connectivity index (χ0) is 14.5. The lowest BCUT2D eigenvalue weighted by atomic mass is 10.1. The van der Waals surface area contributed by atoms with Crippen molar-refractivity contribution in [2.75, 3.05) is 31.7 Å². The molecule has 0 fully saturated rings. The summed E-state index contributed by atoms with van der Waals surface area (Å²) in [6.45, 7) is 5.42. The molecule has 6 heteroatoms. The average Bonchev–Trinajstić information content (AvgIpc) is 2.29. The van der Waals surface area contributed by atoms with Crippen LogP contribution in [0, 0.1) is 13.8 Å². The molecule has 4 nitrogen and oxygen atoms in total. The van der Waals surface area contributed by atoms with Gasteiger partial charge in [0.2, 0.25) is 0 Å². The van der Waals surface area contributed by atoms with Crippen molar-refractivity contribution in [3.05, 3.63) is 28.3 Å². The average molecular weight is 306 g/mol. The van der Waals surface area contributed by atoms with Gasteiger partial charge < -0.3 is 10.1 Å². The Morgan fingerprint density at radius 2 is 1.79 bits per heavy atom. The topological polar surface area (TPSA) is 55.4 Å². The third-order valence-electron chi connectivity index (χ3n) is 2.61. The van der Waals surface area contributed by atoms with Gasteiger partial charge in [0, 0.05) is 24.4 Å². The Balaban J connectivity index is 2.30. The zero-order valence-corrected chi connectivity index (χ0v) is 13.1. The summed E-state index contributed by atoms with van der Waals surface area (Å²) in [6, 6.07) is 3.79. The van der Waals surface area contributed by atoms with Crippen LogP contribution >= 0.6 is 11.6 Å². The maximum absolute atomic E-state index is 10.9. The fourth-order valence-corrected chi connectivity index (χ4v) is 2.24. The Morgan fingerprint density at radius 1 is 1.21 bits per heavy atom. The number of ether oxygens (including phenoxy) is 1. The van der Waals surface area contributed by atoms with Crippen LogP contribution in [0.4, 0.5) is 0 Å². The highest BCUT2D eigenvalue weighted by molar-refractivity contribution is 7.90. The monoisotopic (exact) mass is 305 g/mol. The first-order valence-electron chi connectivity index (χ1n) is 6.07. The van der Waals surface area contributed by atoms with Gasteiger partial charge in [0.1, 0.15) is 22.2 Å². The minimum atomic E-state index is -2.90. The molecule has 0 saturated heterocycles. The fraction of sp³-hybridized carbons (Fsp3) is 0.538. The summed E-state index contributed by atoms with van der Waals surface area (Å²) in [5, 5.41) is 3.79. The molecule has 0 amide bonds. The fourth-order valence-electron chi connectivity index (χ4n) is 1.61. The van der Waals surface area contributed by atoms with Crippen molar-refractivity contribution in [1.29, 1.82) is 0 Å². The molecule has 0 bridgehead atoms. The van der Waals surface area contributed by atoms with Crippen LogP contribution in [0.1, 0.15) is 11.1 Å². The second-order valence-electron chi connectivity index (χ2n) is 4.60. The number of nitrogens with one attached hydrogen (secondary N) is 1. The zero-order valence-electron chi connectivity index (χ0n) is 11.5. The van der Waals surface area contributed by atoms with E-state index in [0.29, 0.717) is 19.7 Å². The Morgan fingerprint density at radius 3 is 2.32 bits per heavy atom. The van der Waals surface area contributed by atoms with Gasteiger partial charge >= 0.3 is 0 Å². The van der Waals surface area contributed by atoms with Crippen LogP contribution in [0.15, 0.2) is 12.1 Å². The van der Waals surface area contributed by atoms with Crippen LogP contribution in [-0.2, 0) is 9.84 Å². The molecule has 1 N–H and O–H groups in total. The van der Waals surface area contributed by atoms with E-state index in [2.05, 4.69) is 5.32 Å². The predicted octanol–water partition coefficient (Wildman–Crippen LogP) is 1.97. The highest BCUT2D eigenvalue weighted by atomic mass is 35.5. The Labute approximate surface area is 120 Å². The molecule has 0 unspecified atom stereocenters. The number of rotatable bonds is 7. The molecule has 0 aromatic heterocycles. The van der Waals surface area contributed by atoms with Crippen LogP contribution in [0.5, 0.6) is 5.75 Å². The van der Waals surface area contributed by atoms with Gasteiger partial charge in [0.05, 0.1) is 5.75 Å². The van der Waals surface area contributed by atoms with Crippen LogP contribution in [0.3, 0.4) is 0 Å². The van der Waals surface area contributed by atoms with Gasteiger partial charge in [-0.25, -0.2) is 8.42 Å². The first-order chi connectivity index (χ1) is 8.79. The molecule has 19 heavy (non-hydrogen) atoms. The quantitative estimate of drug-likeness (QED) is 0.783.